The van der Waals surface area contributed by atoms with Crippen molar-refractivity contribution in [1.82, 2.24) is 9.78 Å². The number of sulfonamides is 1. The number of aryl methyl sites for hydroxylation is 1. The molecule has 0 bridgehead atoms. The molecule has 2 heterocycles. The van der Waals surface area contributed by atoms with E-state index in [1.54, 1.807) is 41.9 Å². The van der Waals surface area contributed by atoms with Crippen molar-refractivity contribution in [3.63, 3.8) is 0 Å². The van der Waals surface area contributed by atoms with E-state index in [1.807, 2.05) is 19.3 Å². The Kier molecular flexibility index (Phi) is 2.68. The zero-order valence-electron chi connectivity index (χ0n) is 11.4. The van der Waals surface area contributed by atoms with Gasteiger partial charge in [-0.1, -0.05) is 6.07 Å². The highest BCUT2D eigenvalue weighted by molar-refractivity contribution is 7.90. The first-order valence-corrected chi connectivity index (χ1v) is 7.51. The van der Waals surface area contributed by atoms with Crippen molar-refractivity contribution in [3.05, 3.63) is 30.6 Å². The molecule has 0 amide bonds. The minimum atomic E-state index is -3.59. The molecule has 0 saturated carbocycles. The van der Waals surface area contributed by atoms with E-state index in [4.69, 9.17) is 0 Å². The van der Waals surface area contributed by atoms with Gasteiger partial charge >= 0.3 is 0 Å². The highest BCUT2D eigenvalue weighted by Gasteiger charge is 2.27. The minimum absolute atomic E-state index is 0.234. The molecule has 0 spiro atoms. The number of hydrogen-bond donors (Lipinski definition) is 0. The van der Waals surface area contributed by atoms with Crippen molar-refractivity contribution in [1.29, 1.82) is 0 Å². The second kappa shape index (κ2) is 4.17. The monoisotopic (exact) mass is 290 g/mol. The normalized spacial score (nSPS) is 16.8. The quantitative estimate of drug-likeness (QED) is 0.801. The molecule has 0 radical (unpaired) electrons. The number of nitrogens with zero attached hydrogens (tertiary/aromatic N) is 4. The molecule has 3 rings (SSSR count). The maximum Gasteiger partial charge on any atom is 0.286 e. The molecule has 1 aromatic carbocycles. The summed E-state index contributed by atoms with van der Waals surface area (Å²) >= 11 is 0. The molecule has 104 valence electrons. The predicted octanol–water partition coefficient (Wildman–Crippen LogP) is 1.64. The number of rotatable bonds is 1. The lowest BCUT2D eigenvalue weighted by Gasteiger charge is -2.25. The highest BCUT2D eigenvalue weighted by Crippen LogP contribution is 2.34. The molecule has 6 nitrogen and oxygen atoms in total. The molecule has 0 aliphatic carbocycles. The van der Waals surface area contributed by atoms with Crippen LogP contribution in [0.25, 0.3) is 11.1 Å². The maximum atomic E-state index is 12.1. The van der Waals surface area contributed by atoms with Crippen LogP contribution in [0.3, 0.4) is 0 Å². The molecule has 0 atom stereocenters. The fourth-order valence-electron chi connectivity index (χ4n) is 2.21. The summed E-state index contributed by atoms with van der Waals surface area (Å²) in [7, 11) is 0.0550. The van der Waals surface area contributed by atoms with E-state index in [0.29, 0.717) is 11.5 Å². The Morgan fingerprint density at radius 3 is 2.55 bits per heavy atom. The lowest BCUT2D eigenvalue weighted by Crippen LogP contribution is -2.29. The standard InChI is InChI=1S/C13H14N4O2S/c1-9-15-20(18,19)13-5-4-10(6-12(13)17(9)3)11-7-14-16(2)8-11/h4-8H,1-3H3. The second-order valence-corrected chi connectivity index (χ2v) is 6.33. The molecule has 0 unspecified atom stereocenters. The van der Waals surface area contributed by atoms with Crippen molar-refractivity contribution in [2.24, 2.45) is 11.4 Å². The van der Waals surface area contributed by atoms with Crippen molar-refractivity contribution < 1.29 is 8.42 Å². The molecule has 1 aliphatic rings. The van der Waals surface area contributed by atoms with Gasteiger partial charge < -0.3 is 4.90 Å². The van der Waals surface area contributed by atoms with Gasteiger partial charge in [0.2, 0.25) is 0 Å². The molecule has 2 aromatic rings. The van der Waals surface area contributed by atoms with Gasteiger partial charge in [-0.15, -0.1) is 4.40 Å². The highest BCUT2D eigenvalue weighted by atomic mass is 32.2. The van der Waals surface area contributed by atoms with Gasteiger partial charge in [-0.25, -0.2) is 0 Å². The van der Waals surface area contributed by atoms with Crippen LogP contribution >= 0.6 is 0 Å². The number of aromatic nitrogens is 2. The lowest BCUT2D eigenvalue weighted by atomic mass is 10.1. The largest absolute Gasteiger partial charge is 0.331 e. The van der Waals surface area contributed by atoms with Crippen LogP contribution in [-0.2, 0) is 17.1 Å². The minimum Gasteiger partial charge on any atom is -0.331 e. The van der Waals surface area contributed by atoms with Crippen LogP contribution in [-0.4, -0.2) is 31.1 Å². The summed E-state index contributed by atoms with van der Waals surface area (Å²) in [5.74, 6) is 0.459. The van der Waals surface area contributed by atoms with Gasteiger partial charge in [0.25, 0.3) is 10.0 Å². The number of fused-ring (bicyclic) bond motifs is 1. The first kappa shape index (κ1) is 12.9. The molecule has 7 heteroatoms. The van der Waals surface area contributed by atoms with E-state index < -0.39 is 10.0 Å². The summed E-state index contributed by atoms with van der Waals surface area (Å²) in [6.07, 6.45) is 3.64. The average Bonchev–Trinajstić information content (AvgIpc) is 2.82. The fourth-order valence-corrected chi connectivity index (χ4v) is 3.47. The third-order valence-electron chi connectivity index (χ3n) is 3.37. The van der Waals surface area contributed by atoms with E-state index in [-0.39, 0.29) is 4.90 Å². The molecule has 0 N–H and O–H groups in total. The van der Waals surface area contributed by atoms with E-state index in [9.17, 15) is 8.42 Å². The Labute approximate surface area is 117 Å². The Morgan fingerprint density at radius 1 is 1.15 bits per heavy atom. The molecule has 1 aromatic heterocycles. The third-order valence-corrected chi connectivity index (χ3v) is 4.78. The molecule has 1 aliphatic heterocycles. The number of amidine groups is 1. The summed E-state index contributed by atoms with van der Waals surface area (Å²) in [4.78, 5) is 2.01. The SMILES string of the molecule is CC1=NS(=O)(=O)c2ccc(-c3cnn(C)c3)cc2N1C. The van der Waals surface area contributed by atoms with Crippen LogP contribution < -0.4 is 4.90 Å². The van der Waals surface area contributed by atoms with Gasteiger partial charge in [-0.3, -0.25) is 4.68 Å². The predicted molar refractivity (Wildman–Crippen MR) is 77.3 cm³/mol. The van der Waals surface area contributed by atoms with Crippen LogP contribution in [0.4, 0.5) is 5.69 Å². The number of hydrogen-bond acceptors (Lipinski definition) is 4. The Hall–Kier alpha value is -2.15. The van der Waals surface area contributed by atoms with Gasteiger partial charge in [0, 0.05) is 25.9 Å². The fraction of sp³-hybridized carbons (Fsp3) is 0.231. The lowest BCUT2D eigenvalue weighted by molar-refractivity contribution is 0.597. The van der Waals surface area contributed by atoms with E-state index in [1.165, 1.54) is 0 Å². The summed E-state index contributed by atoms with van der Waals surface area (Å²) in [5.41, 5.74) is 2.51. The van der Waals surface area contributed by atoms with Gasteiger partial charge in [-0.2, -0.15) is 13.5 Å². The zero-order valence-corrected chi connectivity index (χ0v) is 12.2. The van der Waals surface area contributed by atoms with Crippen LogP contribution in [0.2, 0.25) is 0 Å². The van der Waals surface area contributed by atoms with Crippen molar-refractivity contribution in [3.8, 4) is 11.1 Å². The summed E-state index contributed by atoms with van der Waals surface area (Å²) in [6, 6.07) is 5.22. The Balaban J connectivity index is 2.20. The molecule has 0 fully saturated rings. The van der Waals surface area contributed by atoms with Crippen LogP contribution in [0.15, 0.2) is 39.9 Å². The van der Waals surface area contributed by atoms with E-state index in [2.05, 4.69) is 9.50 Å². The second-order valence-electron chi connectivity index (χ2n) is 4.76. The molecule has 20 heavy (non-hydrogen) atoms. The van der Waals surface area contributed by atoms with Crippen molar-refractivity contribution in [2.45, 2.75) is 11.8 Å². The van der Waals surface area contributed by atoms with Crippen LogP contribution in [0.1, 0.15) is 6.92 Å². The summed E-state index contributed by atoms with van der Waals surface area (Å²) in [6.45, 7) is 1.68. The van der Waals surface area contributed by atoms with Gasteiger partial charge in [0.05, 0.1) is 11.9 Å². The van der Waals surface area contributed by atoms with Gasteiger partial charge in [0.1, 0.15) is 10.7 Å². The number of anilines is 1. The third kappa shape index (κ3) is 1.90. The number of benzene rings is 1. The maximum absolute atomic E-state index is 12.1. The first-order chi connectivity index (χ1) is 9.38. The van der Waals surface area contributed by atoms with Crippen LogP contribution in [0, 0.1) is 0 Å². The summed E-state index contributed by atoms with van der Waals surface area (Å²) < 4.78 is 29.6. The zero-order chi connectivity index (χ0) is 14.5. The topological polar surface area (TPSA) is 67.6 Å². The van der Waals surface area contributed by atoms with E-state index >= 15 is 0 Å². The van der Waals surface area contributed by atoms with E-state index in [0.717, 1.165) is 11.1 Å². The van der Waals surface area contributed by atoms with Gasteiger partial charge in [0.15, 0.2) is 0 Å². The van der Waals surface area contributed by atoms with Gasteiger partial charge in [-0.05, 0) is 24.6 Å². The Morgan fingerprint density at radius 2 is 1.90 bits per heavy atom. The molecular formula is C13H14N4O2S. The molecule has 0 saturated heterocycles. The van der Waals surface area contributed by atoms with Crippen molar-refractivity contribution >= 4 is 21.5 Å². The smallest absolute Gasteiger partial charge is 0.286 e. The first-order valence-electron chi connectivity index (χ1n) is 6.07. The van der Waals surface area contributed by atoms with Crippen molar-refractivity contribution in [2.75, 3.05) is 11.9 Å². The van der Waals surface area contributed by atoms with Crippen LogP contribution in [0.5, 0.6) is 0 Å². The molecular weight excluding hydrogens is 276 g/mol. The summed E-state index contributed by atoms with van der Waals surface area (Å²) in [5, 5.41) is 4.13. The Bertz CT molecular complexity index is 821. The average molecular weight is 290 g/mol.